The highest BCUT2D eigenvalue weighted by Crippen LogP contribution is 2.38. The van der Waals surface area contributed by atoms with Crippen molar-refractivity contribution in [3.63, 3.8) is 0 Å². The molecule has 1 saturated carbocycles. The molecule has 1 aliphatic rings. The number of nitrogens with zero attached hydrogens (tertiary/aromatic N) is 2. The molecule has 0 radical (unpaired) electrons. The summed E-state index contributed by atoms with van der Waals surface area (Å²) >= 11 is 5.77. The van der Waals surface area contributed by atoms with Crippen molar-refractivity contribution in [3.8, 4) is 0 Å². The molecule has 3 N–H and O–H groups in total. The first kappa shape index (κ1) is 20.1. The Morgan fingerprint density at radius 1 is 1.39 bits per heavy atom. The zero-order valence-corrected chi connectivity index (χ0v) is 16.3. The van der Waals surface area contributed by atoms with Gasteiger partial charge in [-0.3, -0.25) is 4.79 Å². The summed E-state index contributed by atoms with van der Waals surface area (Å²) in [4.78, 5) is 20.3. The van der Waals surface area contributed by atoms with Gasteiger partial charge in [-0.2, -0.15) is 0 Å². The molecule has 3 rings (SSSR count). The zero-order chi connectivity index (χ0) is 20.1. The van der Waals surface area contributed by atoms with E-state index in [2.05, 4.69) is 15.3 Å². The second-order valence-electron chi connectivity index (χ2n) is 6.77. The topological polar surface area (TPSA) is 89.6 Å². The Morgan fingerprint density at radius 3 is 2.79 bits per heavy atom. The lowest BCUT2D eigenvalue weighted by Crippen LogP contribution is -2.43. The van der Waals surface area contributed by atoms with Crippen molar-refractivity contribution in [2.75, 3.05) is 5.32 Å². The minimum atomic E-state index is -0.437. The van der Waals surface area contributed by atoms with Gasteiger partial charge in [-0.1, -0.05) is 18.5 Å². The van der Waals surface area contributed by atoms with Crippen molar-refractivity contribution < 1.29 is 13.9 Å². The van der Waals surface area contributed by atoms with Crippen LogP contribution in [0, 0.1) is 5.82 Å². The van der Waals surface area contributed by atoms with E-state index >= 15 is 0 Å². The van der Waals surface area contributed by atoms with Crippen molar-refractivity contribution in [1.29, 1.82) is 0 Å². The highest BCUT2D eigenvalue weighted by atomic mass is 35.5. The van der Waals surface area contributed by atoms with Crippen LogP contribution in [-0.2, 0) is 11.3 Å². The number of rotatable bonds is 6. The van der Waals surface area contributed by atoms with E-state index in [1.54, 1.807) is 6.07 Å². The van der Waals surface area contributed by atoms with Crippen molar-refractivity contribution in [2.24, 2.45) is 10.7 Å². The molecule has 1 amide bonds. The first-order valence-corrected chi connectivity index (χ1v) is 9.49. The number of amidine groups is 1. The maximum atomic E-state index is 14.1. The molecule has 2 aromatic rings. The number of carbonyl (C=O) groups is 1. The Morgan fingerprint density at radius 2 is 2.18 bits per heavy atom. The van der Waals surface area contributed by atoms with Gasteiger partial charge in [0, 0.05) is 17.4 Å². The largest absolute Gasteiger partial charge is 0.459 e. The van der Waals surface area contributed by atoms with Crippen LogP contribution in [-0.4, -0.2) is 22.5 Å². The molecule has 0 bridgehead atoms. The van der Waals surface area contributed by atoms with Crippen LogP contribution in [0.25, 0.3) is 0 Å². The smallest absolute Gasteiger partial charge is 0.282 e. The average Bonchev–Trinajstić information content (AvgIpc) is 2.65. The Hall–Kier alpha value is -2.67. The Kier molecular flexibility index (Phi) is 6.14. The molecule has 1 fully saturated rings. The molecule has 148 valence electrons. The highest BCUT2D eigenvalue weighted by molar-refractivity contribution is 6.30. The maximum Gasteiger partial charge on any atom is 0.282 e. The van der Waals surface area contributed by atoms with Gasteiger partial charge >= 0.3 is 0 Å². The van der Waals surface area contributed by atoms with Gasteiger partial charge in [0.15, 0.2) is 0 Å². The number of nitrogens with two attached hydrogens (primary N) is 1. The number of hydrogen-bond donors (Lipinski definition) is 2. The van der Waals surface area contributed by atoms with Crippen LogP contribution in [0.15, 0.2) is 41.5 Å². The predicted molar refractivity (Wildman–Crippen MR) is 107 cm³/mol. The predicted octanol–water partition coefficient (Wildman–Crippen LogP) is 4.29. The summed E-state index contributed by atoms with van der Waals surface area (Å²) in [6, 6.07) is 7.39. The third-order valence-corrected chi connectivity index (χ3v) is 5.12. The summed E-state index contributed by atoms with van der Waals surface area (Å²) in [6.07, 6.45) is 5.26. The summed E-state index contributed by atoms with van der Waals surface area (Å²) in [5.41, 5.74) is 6.57. The van der Waals surface area contributed by atoms with Crippen LogP contribution in [0.5, 0.6) is 0 Å². The Balaban J connectivity index is 1.66. The molecule has 1 aromatic carbocycles. The number of aromatic nitrogens is 1. The molecule has 0 spiro atoms. The van der Waals surface area contributed by atoms with Gasteiger partial charge in [0.2, 0.25) is 0 Å². The van der Waals surface area contributed by atoms with E-state index < -0.39 is 11.7 Å². The number of aliphatic imine (C=N–C) groups is 1. The maximum absolute atomic E-state index is 14.1. The number of nitrogens with one attached hydrogen (secondary N) is 1. The van der Waals surface area contributed by atoms with Crippen LogP contribution >= 0.6 is 11.6 Å². The van der Waals surface area contributed by atoms with E-state index in [4.69, 9.17) is 22.1 Å². The lowest BCUT2D eigenvalue weighted by atomic mass is 9.78. The molecule has 8 heteroatoms. The van der Waals surface area contributed by atoms with Crippen molar-refractivity contribution in [2.45, 2.75) is 44.8 Å². The molecule has 28 heavy (non-hydrogen) atoms. The minimum absolute atomic E-state index is 0.0143. The lowest BCUT2D eigenvalue weighted by molar-refractivity contribution is -0.0239. The quantitative estimate of drug-likeness (QED) is 0.555. The number of pyridine rings is 1. The van der Waals surface area contributed by atoms with Gasteiger partial charge in [0.1, 0.15) is 17.1 Å². The van der Waals surface area contributed by atoms with E-state index in [9.17, 15) is 9.18 Å². The number of halogens is 2. The molecule has 0 atom stereocenters. The number of amides is 1. The Labute approximate surface area is 168 Å². The number of anilines is 1. The third kappa shape index (κ3) is 4.78. The highest BCUT2D eigenvalue weighted by Gasteiger charge is 2.38. The number of hydrogen-bond acceptors (Lipinski definition) is 4. The first-order chi connectivity index (χ1) is 13.4. The van der Waals surface area contributed by atoms with Crippen LogP contribution in [0.3, 0.4) is 0 Å². The SMILES string of the molecule is CCC1(OC(N)=NCc2cc(NC(=O)c3ccc(Cl)cn3)ccc2F)CCC1. The standard InChI is InChI=1S/C20H22ClFN4O2/c1-2-20(8-3-9-20)28-19(23)25-11-13-10-15(5-6-16(13)22)26-18(27)17-7-4-14(21)12-24-17/h4-7,10,12H,2-3,8-9,11H2,1H3,(H2,23,25)(H,26,27). The summed E-state index contributed by atoms with van der Waals surface area (Å²) in [5, 5.41) is 3.11. The van der Waals surface area contributed by atoms with E-state index in [1.165, 1.54) is 30.5 Å². The van der Waals surface area contributed by atoms with Crippen LogP contribution < -0.4 is 11.1 Å². The molecule has 1 aromatic heterocycles. The van der Waals surface area contributed by atoms with E-state index in [0.717, 1.165) is 25.7 Å². The van der Waals surface area contributed by atoms with E-state index in [-0.39, 0.29) is 23.9 Å². The molecule has 6 nitrogen and oxygen atoms in total. The second kappa shape index (κ2) is 8.56. The molecule has 0 saturated heterocycles. The van der Waals surface area contributed by atoms with Crippen LogP contribution in [0.1, 0.15) is 48.7 Å². The van der Waals surface area contributed by atoms with E-state index in [1.807, 2.05) is 6.92 Å². The van der Waals surface area contributed by atoms with Crippen molar-refractivity contribution in [1.82, 2.24) is 4.98 Å². The monoisotopic (exact) mass is 404 g/mol. The third-order valence-electron chi connectivity index (χ3n) is 4.90. The molecular formula is C20H22ClFN4O2. The summed E-state index contributed by atoms with van der Waals surface area (Å²) in [5.74, 6) is -0.858. The Bertz CT molecular complexity index is 877. The normalized spacial score (nSPS) is 15.6. The zero-order valence-electron chi connectivity index (χ0n) is 15.5. The molecule has 0 unspecified atom stereocenters. The fourth-order valence-corrected chi connectivity index (χ4v) is 3.11. The number of benzene rings is 1. The number of ether oxygens (including phenoxy) is 1. The van der Waals surface area contributed by atoms with Crippen molar-refractivity contribution >= 4 is 29.2 Å². The average molecular weight is 405 g/mol. The van der Waals surface area contributed by atoms with Crippen LogP contribution in [0.4, 0.5) is 10.1 Å². The second-order valence-corrected chi connectivity index (χ2v) is 7.21. The fraction of sp³-hybridized carbons (Fsp3) is 0.350. The number of carbonyl (C=O) groups excluding carboxylic acids is 1. The minimum Gasteiger partial charge on any atom is -0.459 e. The summed E-state index contributed by atoms with van der Waals surface area (Å²) < 4.78 is 19.9. The molecule has 1 heterocycles. The van der Waals surface area contributed by atoms with Gasteiger partial charge in [-0.15, -0.1) is 0 Å². The van der Waals surface area contributed by atoms with Gasteiger partial charge < -0.3 is 15.8 Å². The lowest BCUT2D eigenvalue weighted by Gasteiger charge is -2.40. The first-order valence-electron chi connectivity index (χ1n) is 9.11. The van der Waals surface area contributed by atoms with Gasteiger partial charge in [-0.25, -0.2) is 14.4 Å². The molecular weight excluding hydrogens is 383 g/mol. The molecule has 1 aliphatic carbocycles. The van der Waals surface area contributed by atoms with Gasteiger partial charge in [-0.05, 0) is 56.0 Å². The van der Waals surface area contributed by atoms with Crippen LogP contribution in [0.2, 0.25) is 5.02 Å². The van der Waals surface area contributed by atoms with E-state index in [0.29, 0.717) is 16.3 Å². The summed E-state index contributed by atoms with van der Waals surface area (Å²) in [6.45, 7) is 2.06. The van der Waals surface area contributed by atoms with Crippen molar-refractivity contribution in [3.05, 3.63) is 58.6 Å². The van der Waals surface area contributed by atoms with Gasteiger partial charge in [0.05, 0.1) is 11.6 Å². The summed E-state index contributed by atoms with van der Waals surface area (Å²) in [7, 11) is 0. The fourth-order valence-electron chi connectivity index (χ4n) is 3.00. The molecule has 0 aliphatic heterocycles. The van der Waals surface area contributed by atoms with Gasteiger partial charge in [0.25, 0.3) is 11.9 Å².